The number of hydrogen-bond donors (Lipinski definition) is 2. The molecule has 0 unspecified atom stereocenters. The fourth-order valence-electron chi connectivity index (χ4n) is 2.31. The maximum absolute atomic E-state index is 7.54. The fourth-order valence-corrected chi connectivity index (χ4v) is 2.31. The highest BCUT2D eigenvalue weighted by Gasteiger charge is 2.26. The highest BCUT2D eigenvalue weighted by Crippen LogP contribution is 2.31. The zero-order valence-corrected chi connectivity index (χ0v) is 11.5. The number of aromatic nitrogens is 1. The van der Waals surface area contributed by atoms with E-state index in [1.54, 1.807) is 0 Å². The summed E-state index contributed by atoms with van der Waals surface area (Å²) in [7, 11) is 0. The molecule has 1 saturated heterocycles. The van der Waals surface area contributed by atoms with Crippen LogP contribution in [0.3, 0.4) is 0 Å². The van der Waals surface area contributed by atoms with Crippen LogP contribution in [-0.4, -0.2) is 23.9 Å². The van der Waals surface area contributed by atoms with Crippen molar-refractivity contribution in [3.63, 3.8) is 0 Å². The fraction of sp³-hybridized carbons (Fsp3) is 0.571. The molecule has 0 aromatic carbocycles. The minimum Gasteiger partial charge on any atom is -0.384 e. The first-order chi connectivity index (χ1) is 8.37. The topological polar surface area (TPSA) is 66.0 Å². The van der Waals surface area contributed by atoms with Crippen molar-refractivity contribution in [1.29, 1.82) is 5.41 Å². The molecule has 2 rings (SSSR count). The largest absolute Gasteiger partial charge is 0.384 e. The van der Waals surface area contributed by atoms with Crippen molar-refractivity contribution < 1.29 is 0 Å². The van der Waals surface area contributed by atoms with Gasteiger partial charge in [0.15, 0.2) is 0 Å². The van der Waals surface area contributed by atoms with E-state index in [2.05, 4.69) is 23.7 Å². The van der Waals surface area contributed by atoms with Gasteiger partial charge >= 0.3 is 0 Å². The number of anilines is 1. The summed E-state index contributed by atoms with van der Waals surface area (Å²) in [4.78, 5) is 6.86. The first kappa shape index (κ1) is 12.9. The molecule has 3 N–H and O–H groups in total. The van der Waals surface area contributed by atoms with E-state index in [1.807, 2.05) is 19.1 Å². The van der Waals surface area contributed by atoms with E-state index in [-0.39, 0.29) is 5.84 Å². The first-order valence-electron chi connectivity index (χ1n) is 6.45. The summed E-state index contributed by atoms with van der Waals surface area (Å²) in [6.07, 6.45) is 2.36. The molecular formula is C14H22N4. The molecule has 0 saturated carbocycles. The second-order valence-corrected chi connectivity index (χ2v) is 5.92. The minimum atomic E-state index is 0.110. The predicted molar refractivity (Wildman–Crippen MR) is 75.2 cm³/mol. The van der Waals surface area contributed by atoms with Crippen LogP contribution in [0.1, 0.15) is 37.9 Å². The third kappa shape index (κ3) is 2.81. The molecule has 4 nitrogen and oxygen atoms in total. The van der Waals surface area contributed by atoms with Crippen molar-refractivity contribution in [2.24, 2.45) is 11.1 Å². The van der Waals surface area contributed by atoms with E-state index < -0.39 is 0 Å². The normalized spacial score (nSPS) is 18.7. The zero-order chi connectivity index (χ0) is 13.3. The molecule has 4 heteroatoms. The molecule has 0 bridgehead atoms. The second kappa shape index (κ2) is 4.59. The Hall–Kier alpha value is -1.58. The molecule has 1 aromatic heterocycles. The van der Waals surface area contributed by atoms with Gasteiger partial charge in [0.25, 0.3) is 0 Å². The molecule has 0 aliphatic carbocycles. The van der Waals surface area contributed by atoms with E-state index in [1.165, 1.54) is 12.8 Å². The number of pyridine rings is 1. The Kier molecular flexibility index (Phi) is 3.28. The van der Waals surface area contributed by atoms with Crippen molar-refractivity contribution in [2.75, 3.05) is 18.0 Å². The Balaban J connectivity index is 2.21. The number of nitrogens with one attached hydrogen (secondary N) is 1. The van der Waals surface area contributed by atoms with Gasteiger partial charge in [-0.15, -0.1) is 0 Å². The van der Waals surface area contributed by atoms with E-state index in [0.717, 1.165) is 30.2 Å². The lowest BCUT2D eigenvalue weighted by Gasteiger charge is -2.37. The molecule has 0 amide bonds. The summed E-state index contributed by atoms with van der Waals surface area (Å²) in [6, 6.07) is 3.79. The number of nitrogens with two attached hydrogens (primary N) is 1. The van der Waals surface area contributed by atoms with Crippen LogP contribution >= 0.6 is 0 Å². The number of nitrogen functional groups attached to an aromatic ring is 1. The maximum Gasteiger partial charge on any atom is 0.129 e. The molecule has 1 aromatic rings. The van der Waals surface area contributed by atoms with Gasteiger partial charge in [-0.05, 0) is 37.3 Å². The number of nitrogens with zero attached hydrogens (tertiary/aromatic N) is 2. The smallest absolute Gasteiger partial charge is 0.129 e. The third-order valence-electron chi connectivity index (χ3n) is 3.69. The number of hydrogen-bond acceptors (Lipinski definition) is 3. The van der Waals surface area contributed by atoms with Gasteiger partial charge in [-0.1, -0.05) is 13.8 Å². The van der Waals surface area contributed by atoms with Crippen molar-refractivity contribution in [3.8, 4) is 0 Å². The summed E-state index contributed by atoms with van der Waals surface area (Å²) in [5, 5.41) is 7.54. The van der Waals surface area contributed by atoms with Gasteiger partial charge in [-0.2, -0.15) is 0 Å². The first-order valence-corrected chi connectivity index (χ1v) is 6.45. The van der Waals surface area contributed by atoms with Crippen molar-refractivity contribution in [1.82, 2.24) is 4.98 Å². The SMILES string of the molecule is Cc1cc(C(=N)N)cc(N2CCC(C)(C)CC2)n1. The van der Waals surface area contributed by atoms with Gasteiger partial charge in [0.1, 0.15) is 11.7 Å². The van der Waals surface area contributed by atoms with Crippen LogP contribution in [0.5, 0.6) is 0 Å². The lowest BCUT2D eigenvalue weighted by Crippen LogP contribution is -2.38. The lowest BCUT2D eigenvalue weighted by molar-refractivity contribution is 0.279. The highest BCUT2D eigenvalue weighted by molar-refractivity contribution is 5.95. The molecule has 1 aliphatic rings. The average Bonchev–Trinajstić information content (AvgIpc) is 2.28. The molecule has 2 heterocycles. The molecular weight excluding hydrogens is 224 g/mol. The zero-order valence-electron chi connectivity index (χ0n) is 11.5. The van der Waals surface area contributed by atoms with E-state index in [0.29, 0.717) is 5.41 Å². The second-order valence-electron chi connectivity index (χ2n) is 5.92. The number of rotatable bonds is 2. The number of piperidine rings is 1. The van der Waals surface area contributed by atoms with Gasteiger partial charge < -0.3 is 10.6 Å². The molecule has 18 heavy (non-hydrogen) atoms. The Bertz CT molecular complexity index is 455. The molecule has 1 aliphatic heterocycles. The van der Waals surface area contributed by atoms with Crippen LogP contribution in [0.4, 0.5) is 5.82 Å². The van der Waals surface area contributed by atoms with Crippen molar-refractivity contribution in [3.05, 3.63) is 23.4 Å². The monoisotopic (exact) mass is 246 g/mol. The Labute approximate surface area is 109 Å². The van der Waals surface area contributed by atoms with Gasteiger partial charge in [0.05, 0.1) is 0 Å². The lowest BCUT2D eigenvalue weighted by atomic mass is 9.83. The quantitative estimate of drug-likeness (QED) is 0.621. The number of amidine groups is 1. The molecule has 0 atom stereocenters. The molecule has 0 radical (unpaired) electrons. The summed E-state index contributed by atoms with van der Waals surface area (Å²) in [5.41, 5.74) is 7.68. The van der Waals surface area contributed by atoms with Crippen molar-refractivity contribution >= 4 is 11.7 Å². The summed E-state index contributed by atoms with van der Waals surface area (Å²) in [6.45, 7) is 8.63. The molecule has 1 fully saturated rings. The van der Waals surface area contributed by atoms with Crippen LogP contribution < -0.4 is 10.6 Å². The summed E-state index contributed by atoms with van der Waals surface area (Å²) >= 11 is 0. The van der Waals surface area contributed by atoms with Crippen molar-refractivity contribution in [2.45, 2.75) is 33.6 Å². The minimum absolute atomic E-state index is 0.110. The highest BCUT2D eigenvalue weighted by atomic mass is 15.2. The predicted octanol–water partition coefficient (Wildman–Crippen LogP) is 2.30. The third-order valence-corrected chi connectivity index (χ3v) is 3.69. The average molecular weight is 246 g/mol. The molecule has 98 valence electrons. The Morgan fingerprint density at radius 2 is 1.94 bits per heavy atom. The Morgan fingerprint density at radius 1 is 1.33 bits per heavy atom. The standard InChI is InChI=1S/C14H22N4/c1-10-8-11(13(15)16)9-12(17-10)18-6-4-14(2,3)5-7-18/h8-9H,4-7H2,1-3H3,(H3,15,16). The van der Waals surface area contributed by atoms with Crippen LogP contribution in [-0.2, 0) is 0 Å². The number of aryl methyl sites for hydroxylation is 1. The van der Waals surface area contributed by atoms with Gasteiger partial charge in [0.2, 0.25) is 0 Å². The van der Waals surface area contributed by atoms with E-state index >= 15 is 0 Å². The van der Waals surface area contributed by atoms with Gasteiger partial charge in [0, 0.05) is 24.3 Å². The molecule has 0 spiro atoms. The van der Waals surface area contributed by atoms with Gasteiger partial charge in [-0.25, -0.2) is 4.98 Å². The van der Waals surface area contributed by atoms with Crippen LogP contribution in [0.2, 0.25) is 0 Å². The summed E-state index contributed by atoms with van der Waals surface area (Å²) < 4.78 is 0. The summed E-state index contributed by atoms with van der Waals surface area (Å²) in [5.74, 6) is 1.06. The maximum atomic E-state index is 7.54. The van der Waals surface area contributed by atoms with Crippen LogP contribution in [0, 0.1) is 17.7 Å². The van der Waals surface area contributed by atoms with E-state index in [9.17, 15) is 0 Å². The van der Waals surface area contributed by atoms with Gasteiger partial charge in [-0.3, -0.25) is 5.41 Å². The van der Waals surface area contributed by atoms with Crippen LogP contribution in [0.15, 0.2) is 12.1 Å². The van der Waals surface area contributed by atoms with Crippen LogP contribution in [0.25, 0.3) is 0 Å². The van der Waals surface area contributed by atoms with E-state index in [4.69, 9.17) is 11.1 Å². The Morgan fingerprint density at radius 3 is 2.50 bits per heavy atom.